The molecule has 0 amide bonds. The molecule has 1 saturated heterocycles. The predicted octanol–water partition coefficient (Wildman–Crippen LogP) is -0.470. The molecule has 3 N–H and O–H groups in total. The number of rotatable bonds is 2. The number of nitrogens with two attached hydrogens (primary N) is 1. The van der Waals surface area contributed by atoms with Gasteiger partial charge in [0, 0.05) is 13.1 Å². The highest BCUT2D eigenvalue weighted by Crippen LogP contribution is 2.25. The number of anilines is 1. The number of carboxylic acids is 1. The number of carboxylic acid groups (broad SMARTS) is 1. The van der Waals surface area contributed by atoms with Crippen molar-refractivity contribution in [2.24, 2.45) is 5.73 Å². The summed E-state index contributed by atoms with van der Waals surface area (Å²) in [5.41, 5.74) is 6.20. The van der Waals surface area contributed by atoms with Crippen molar-refractivity contribution >= 4 is 22.4 Å². The van der Waals surface area contributed by atoms with E-state index in [0.29, 0.717) is 19.5 Å². The van der Waals surface area contributed by atoms with Crippen LogP contribution in [-0.4, -0.2) is 39.9 Å². The number of aromatic nitrogens is 2. The monoisotopic (exact) mass is 214 g/mol. The van der Waals surface area contributed by atoms with Gasteiger partial charge in [-0.1, -0.05) is 11.3 Å². The van der Waals surface area contributed by atoms with Gasteiger partial charge in [-0.3, -0.25) is 4.79 Å². The lowest BCUT2D eigenvalue weighted by Crippen LogP contribution is -2.50. The highest BCUT2D eigenvalue weighted by Gasteiger charge is 2.42. The maximum Gasteiger partial charge on any atom is 0.325 e. The molecule has 1 unspecified atom stereocenters. The minimum absolute atomic E-state index is 0.303. The predicted molar refractivity (Wildman–Crippen MR) is 51.3 cm³/mol. The summed E-state index contributed by atoms with van der Waals surface area (Å²) in [6.07, 6.45) is 0.446. The summed E-state index contributed by atoms with van der Waals surface area (Å²) in [5.74, 6) is -0.954. The van der Waals surface area contributed by atoms with E-state index < -0.39 is 11.5 Å². The van der Waals surface area contributed by atoms with Crippen LogP contribution in [0.1, 0.15) is 6.42 Å². The second-order valence-corrected chi connectivity index (χ2v) is 4.17. The van der Waals surface area contributed by atoms with Gasteiger partial charge in [0.1, 0.15) is 11.0 Å². The maximum atomic E-state index is 10.9. The second-order valence-electron chi connectivity index (χ2n) is 3.35. The van der Waals surface area contributed by atoms with E-state index in [2.05, 4.69) is 10.2 Å². The van der Waals surface area contributed by atoms with Crippen molar-refractivity contribution in [3.63, 3.8) is 0 Å². The van der Waals surface area contributed by atoms with Crippen molar-refractivity contribution in [2.45, 2.75) is 12.0 Å². The molecular weight excluding hydrogens is 204 g/mol. The number of hydrogen-bond acceptors (Lipinski definition) is 6. The fraction of sp³-hybridized carbons (Fsp3) is 0.571. The summed E-state index contributed by atoms with van der Waals surface area (Å²) in [5, 5.41) is 17.2. The average molecular weight is 214 g/mol. The molecule has 76 valence electrons. The number of nitrogens with zero attached hydrogens (tertiary/aromatic N) is 3. The van der Waals surface area contributed by atoms with Crippen LogP contribution in [0.15, 0.2) is 5.51 Å². The first kappa shape index (κ1) is 9.35. The summed E-state index contributed by atoms with van der Waals surface area (Å²) in [4.78, 5) is 12.7. The van der Waals surface area contributed by atoms with Gasteiger partial charge < -0.3 is 15.7 Å². The van der Waals surface area contributed by atoms with Gasteiger partial charge in [-0.2, -0.15) is 0 Å². The third kappa shape index (κ3) is 1.44. The van der Waals surface area contributed by atoms with Gasteiger partial charge in [0.25, 0.3) is 0 Å². The number of hydrogen-bond donors (Lipinski definition) is 2. The highest BCUT2D eigenvalue weighted by atomic mass is 32.1. The van der Waals surface area contributed by atoms with E-state index in [4.69, 9.17) is 10.8 Å². The molecule has 6 nitrogen and oxygen atoms in total. The first-order valence-electron chi connectivity index (χ1n) is 4.15. The maximum absolute atomic E-state index is 10.9. The molecule has 1 fully saturated rings. The SMILES string of the molecule is NC1(C(=O)O)CCN(c2nncs2)C1. The lowest BCUT2D eigenvalue weighted by atomic mass is 10.0. The summed E-state index contributed by atoms with van der Waals surface area (Å²) < 4.78 is 0. The van der Waals surface area contributed by atoms with Crippen LogP contribution in [0.5, 0.6) is 0 Å². The minimum atomic E-state index is -1.13. The van der Waals surface area contributed by atoms with Gasteiger partial charge in [0.05, 0.1) is 0 Å². The largest absolute Gasteiger partial charge is 0.480 e. The van der Waals surface area contributed by atoms with Crippen LogP contribution < -0.4 is 10.6 Å². The van der Waals surface area contributed by atoms with Gasteiger partial charge in [-0.05, 0) is 6.42 Å². The summed E-state index contributed by atoms with van der Waals surface area (Å²) in [6.45, 7) is 0.926. The Hall–Kier alpha value is -1.21. The van der Waals surface area contributed by atoms with E-state index in [1.807, 2.05) is 4.90 Å². The molecule has 0 aromatic carbocycles. The van der Waals surface area contributed by atoms with Gasteiger partial charge in [0.2, 0.25) is 5.13 Å². The van der Waals surface area contributed by atoms with E-state index in [1.165, 1.54) is 11.3 Å². The van der Waals surface area contributed by atoms with E-state index in [1.54, 1.807) is 5.51 Å². The van der Waals surface area contributed by atoms with Crippen molar-refractivity contribution in [1.29, 1.82) is 0 Å². The smallest absolute Gasteiger partial charge is 0.325 e. The van der Waals surface area contributed by atoms with Crippen LogP contribution in [-0.2, 0) is 4.79 Å². The molecule has 14 heavy (non-hydrogen) atoms. The molecule has 0 aliphatic carbocycles. The molecule has 1 aromatic rings. The molecule has 0 saturated carbocycles. The highest BCUT2D eigenvalue weighted by molar-refractivity contribution is 7.13. The lowest BCUT2D eigenvalue weighted by Gasteiger charge is -2.18. The van der Waals surface area contributed by atoms with Crippen LogP contribution in [0.3, 0.4) is 0 Å². The first-order chi connectivity index (χ1) is 6.62. The zero-order chi connectivity index (χ0) is 10.2. The summed E-state index contributed by atoms with van der Waals surface area (Å²) in [7, 11) is 0. The Morgan fingerprint density at radius 1 is 1.79 bits per heavy atom. The van der Waals surface area contributed by atoms with Crippen LogP contribution in [0, 0.1) is 0 Å². The molecule has 0 spiro atoms. The molecule has 1 aromatic heterocycles. The van der Waals surface area contributed by atoms with Crippen LogP contribution in [0.25, 0.3) is 0 Å². The lowest BCUT2D eigenvalue weighted by molar-refractivity contribution is -0.142. The Morgan fingerprint density at radius 3 is 3.07 bits per heavy atom. The van der Waals surface area contributed by atoms with Crippen molar-refractivity contribution in [2.75, 3.05) is 18.0 Å². The molecule has 1 aliphatic rings. The second kappa shape index (κ2) is 3.18. The van der Waals surface area contributed by atoms with Crippen molar-refractivity contribution in [3.05, 3.63) is 5.51 Å². The fourth-order valence-electron chi connectivity index (χ4n) is 1.48. The Morgan fingerprint density at radius 2 is 2.57 bits per heavy atom. The van der Waals surface area contributed by atoms with E-state index in [-0.39, 0.29) is 0 Å². The van der Waals surface area contributed by atoms with E-state index in [0.717, 1.165) is 5.13 Å². The van der Waals surface area contributed by atoms with Crippen molar-refractivity contribution in [3.8, 4) is 0 Å². The van der Waals surface area contributed by atoms with Gasteiger partial charge >= 0.3 is 5.97 Å². The van der Waals surface area contributed by atoms with E-state index in [9.17, 15) is 4.79 Å². The molecule has 1 atom stereocenters. The van der Waals surface area contributed by atoms with Crippen molar-refractivity contribution < 1.29 is 9.90 Å². The Kier molecular flexibility index (Phi) is 2.12. The molecule has 2 rings (SSSR count). The molecule has 0 radical (unpaired) electrons. The molecule has 7 heteroatoms. The van der Waals surface area contributed by atoms with Gasteiger partial charge in [-0.15, -0.1) is 10.2 Å². The van der Waals surface area contributed by atoms with E-state index >= 15 is 0 Å². The third-order valence-electron chi connectivity index (χ3n) is 2.35. The van der Waals surface area contributed by atoms with Gasteiger partial charge in [-0.25, -0.2) is 0 Å². The molecule has 1 aliphatic heterocycles. The summed E-state index contributed by atoms with van der Waals surface area (Å²) >= 11 is 1.39. The number of carbonyl (C=O) groups is 1. The topological polar surface area (TPSA) is 92.3 Å². The Bertz CT molecular complexity index is 341. The fourth-order valence-corrected chi connectivity index (χ4v) is 2.06. The standard InChI is InChI=1S/C7H10N4O2S/c8-7(5(12)13)1-2-11(3-7)6-10-9-4-14-6/h4H,1-3,8H2,(H,12,13). The van der Waals surface area contributed by atoms with Crippen LogP contribution in [0.2, 0.25) is 0 Å². The zero-order valence-corrected chi connectivity index (χ0v) is 8.20. The molecule has 0 bridgehead atoms. The number of aliphatic carboxylic acids is 1. The quantitative estimate of drug-likeness (QED) is 0.691. The van der Waals surface area contributed by atoms with Gasteiger partial charge in [0.15, 0.2) is 0 Å². The molecule has 2 heterocycles. The minimum Gasteiger partial charge on any atom is -0.480 e. The van der Waals surface area contributed by atoms with Crippen LogP contribution >= 0.6 is 11.3 Å². The summed E-state index contributed by atoms with van der Waals surface area (Å²) in [6, 6.07) is 0. The first-order valence-corrected chi connectivity index (χ1v) is 5.03. The third-order valence-corrected chi connectivity index (χ3v) is 3.10. The zero-order valence-electron chi connectivity index (χ0n) is 7.38. The Labute approximate surface area is 84.4 Å². The average Bonchev–Trinajstić information content (AvgIpc) is 2.72. The molecular formula is C7H10N4O2S. The van der Waals surface area contributed by atoms with Crippen LogP contribution in [0.4, 0.5) is 5.13 Å². The normalized spacial score (nSPS) is 26.8. The van der Waals surface area contributed by atoms with Crippen molar-refractivity contribution in [1.82, 2.24) is 10.2 Å². The Balaban J connectivity index is 2.12.